The monoisotopic (exact) mass is 289 g/mol. The van der Waals surface area contributed by atoms with E-state index in [2.05, 4.69) is 49.5 Å². The molecule has 1 aliphatic rings. The summed E-state index contributed by atoms with van der Waals surface area (Å²) in [7, 11) is 4.11. The summed E-state index contributed by atoms with van der Waals surface area (Å²) >= 11 is 0. The molecule has 1 aromatic carbocycles. The molecule has 0 saturated heterocycles. The van der Waals surface area contributed by atoms with E-state index >= 15 is 0 Å². The van der Waals surface area contributed by atoms with Crippen molar-refractivity contribution in [3.05, 3.63) is 29.3 Å². The van der Waals surface area contributed by atoms with Crippen LogP contribution in [0.2, 0.25) is 0 Å². The minimum Gasteiger partial charge on any atom is -0.384 e. The van der Waals surface area contributed by atoms with Crippen LogP contribution >= 0.6 is 0 Å². The van der Waals surface area contributed by atoms with Gasteiger partial charge in [-0.25, -0.2) is 0 Å². The first kappa shape index (κ1) is 15.8. The predicted octanol–water partition coefficient (Wildman–Crippen LogP) is 2.36. The van der Waals surface area contributed by atoms with E-state index in [0.717, 1.165) is 37.2 Å². The zero-order valence-corrected chi connectivity index (χ0v) is 13.6. The molecule has 21 heavy (non-hydrogen) atoms. The second-order valence-corrected chi connectivity index (χ2v) is 6.95. The number of hydrogen-bond donors (Lipinski definition) is 2. The maximum atomic E-state index is 12.5. The number of hydrogen-bond acceptors (Lipinski definition) is 3. The lowest BCUT2D eigenvalue weighted by atomic mass is 9.92. The highest BCUT2D eigenvalue weighted by Crippen LogP contribution is 2.26. The number of fused-ring (bicyclic) bond motifs is 1. The highest BCUT2D eigenvalue weighted by Gasteiger charge is 2.22. The fraction of sp³-hybridized carbons (Fsp3) is 0.588. The largest absolute Gasteiger partial charge is 0.384 e. The Labute approximate surface area is 127 Å². The minimum atomic E-state index is 0.0214. The average Bonchev–Trinajstić information content (AvgIpc) is 2.43. The highest BCUT2D eigenvalue weighted by molar-refractivity contribution is 6.00. The molecule has 0 atom stereocenters. The Hall–Kier alpha value is -1.55. The molecule has 116 valence electrons. The maximum absolute atomic E-state index is 12.5. The van der Waals surface area contributed by atoms with Gasteiger partial charge in [0.15, 0.2) is 0 Å². The van der Waals surface area contributed by atoms with Gasteiger partial charge in [-0.15, -0.1) is 0 Å². The Kier molecular flexibility index (Phi) is 4.88. The number of nitrogens with one attached hydrogen (secondary N) is 2. The molecule has 4 nitrogen and oxygen atoms in total. The Morgan fingerprint density at radius 1 is 1.38 bits per heavy atom. The first-order chi connectivity index (χ1) is 9.89. The molecule has 0 bridgehead atoms. The van der Waals surface area contributed by atoms with Crippen LogP contribution in [-0.4, -0.2) is 44.5 Å². The Morgan fingerprint density at radius 3 is 2.86 bits per heavy atom. The van der Waals surface area contributed by atoms with E-state index in [4.69, 9.17) is 0 Å². The Bertz CT molecular complexity index is 509. The van der Waals surface area contributed by atoms with Crippen LogP contribution in [0.25, 0.3) is 0 Å². The van der Waals surface area contributed by atoms with E-state index in [0.29, 0.717) is 6.54 Å². The van der Waals surface area contributed by atoms with Gasteiger partial charge in [0.1, 0.15) is 0 Å². The number of anilines is 1. The van der Waals surface area contributed by atoms with Gasteiger partial charge in [0.05, 0.1) is 11.3 Å². The van der Waals surface area contributed by atoms with Crippen molar-refractivity contribution in [2.45, 2.75) is 26.7 Å². The molecule has 1 aliphatic heterocycles. The molecule has 1 aromatic rings. The molecule has 0 saturated carbocycles. The summed E-state index contributed by atoms with van der Waals surface area (Å²) in [6.07, 6.45) is 2.18. The number of rotatable bonds is 5. The molecule has 0 aromatic heterocycles. The fourth-order valence-corrected chi connectivity index (χ4v) is 3.03. The number of carbonyl (C=O) groups is 1. The van der Waals surface area contributed by atoms with Gasteiger partial charge in [-0.1, -0.05) is 26.0 Å². The molecule has 2 N–H and O–H groups in total. The average molecular weight is 289 g/mol. The van der Waals surface area contributed by atoms with E-state index < -0.39 is 0 Å². The lowest BCUT2D eigenvalue weighted by molar-refractivity contribution is 0.0930. The predicted molar refractivity (Wildman–Crippen MR) is 87.9 cm³/mol. The molecule has 1 heterocycles. The van der Waals surface area contributed by atoms with Crippen molar-refractivity contribution >= 4 is 11.6 Å². The fourth-order valence-electron chi connectivity index (χ4n) is 3.03. The van der Waals surface area contributed by atoms with Crippen molar-refractivity contribution in [1.82, 2.24) is 10.2 Å². The first-order valence-electron chi connectivity index (χ1n) is 7.68. The Balaban J connectivity index is 2.04. The zero-order valence-electron chi connectivity index (χ0n) is 13.6. The summed E-state index contributed by atoms with van der Waals surface area (Å²) in [6.45, 7) is 6.91. The van der Waals surface area contributed by atoms with Gasteiger partial charge in [-0.05, 0) is 44.0 Å². The van der Waals surface area contributed by atoms with E-state index in [1.807, 2.05) is 12.1 Å². The van der Waals surface area contributed by atoms with Gasteiger partial charge in [0.2, 0.25) is 0 Å². The van der Waals surface area contributed by atoms with E-state index in [-0.39, 0.29) is 11.3 Å². The summed E-state index contributed by atoms with van der Waals surface area (Å²) in [6, 6.07) is 5.99. The van der Waals surface area contributed by atoms with Crippen LogP contribution in [0.5, 0.6) is 0 Å². The van der Waals surface area contributed by atoms with E-state index in [9.17, 15) is 4.79 Å². The van der Waals surface area contributed by atoms with Crippen molar-refractivity contribution in [1.29, 1.82) is 0 Å². The van der Waals surface area contributed by atoms with Crippen molar-refractivity contribution in [2.24, 2.45) is 5.41 Å². The van der Waals surface area contributed by atoms with Crippen LogP contribution in [0, 0.1) is 5.41 Å². The first-order valence-corrected chi connectivity index (χ1v) is 7.68. The number of benzene rings is 1. The molecule has 1 amide bonds. The van der Waals surface area contributed by atoms with Gasteiger partial charge in [-0.3, -0.25) is 4.79 Å². The van der Waals surface area contributed by atoms with Gasteiger partial charge < -0.3 is 15.5 Å². The van der Waals surface area contributed by atoms with Crippen LogP contribution in [0.3, 0.4) is 0 Å². The second-order valence-electron chi connectivity index (χ2n) is 6.95. The van der Waals surface area contributed by atoms with Crippen LogP contribution in [0.4, 0.5) is 5.69 Å². The SMILES string of the molecule is CN(C)CC(C)(C)CNC(=O)c1cccc2c1NCCC2. The lowest BCUT2D eigenvalue weighted by Crippen LogP contribution is -2.40. The zero-order chi connectivity index (χ0) is 15.5. The van der Waals surface area contributed by atoms with Gasteiger partial charge in [-0.2, -0.15) is 0 Å². The molecule has 2 rings (SSSR count). The van der Waals surface area contributed by atoms with Crippen LogP contribution in [0.1, 0.15) is 36.2 Å². The quantitative estimate of drug-likeness (QED) is 0.874. The molecular weight excluding hydrogens is 262 g/mol. The number of aryl methyl sites for hydroxylation is 1. The van der Waals surface area contributed by atoms with E-state index in [1.165, 1.54) is 5.56 Å². The molecular formula is C17H27N3O. The van der Waals surface area contributed by atoms with Crippen molar-refractivity contribution in [3.63, 3.8) is 0 Å². The third-order valence-corrected chi connectivity index (χ3v) is 3.79. The molecule has 0 aliphatic carbocycles. The third-order valence-electron chi connectivity index (χ3n) is 3.79. The number of para-hydroxylation sites is 1. The lowest BCUT2D eigenvalue weighted by Gasteiger charge is -2.29. The summed E-state index contributed by atoms with van der Waals surface area (Å²) in [5, 5.41) is 6.46. The van der Waals surface area contributed by atoms with Crippen LogP contribution < -0.4 is 10.6 Å². The number of carbonyl (C=O) groups excluding carboxylic acids is 1. The summed E-state index contributed by atoms with van der Waals surface area (Å²) < 4.78 is 0. The normalized spacial score (nSPS) is 14.5. The van der Waals surface area contributed by atoms with Crippen molar-refractivity contribution in [3.8, 4) is 0 Å². The number of amides is 1. The molecule has 0 spiro atoms. The van der Waals surface area contributed by atoms with Crippen LogP contribution in [0.15, 0.2) is 18.2 Å². The smallest absolute Gasteiger partial charge is 0.253 e. The molecule has 0 unspecified atom stereocenters. The topological polar surface area (TPSA) is 44.4 Å². The van der Waals surface area contributed by atoms with Crippen molar-refractivity contribution in [2.75, 3.05) is 39.0 Å². The number of nitrogens with zero attached hydrogens (tertiary/aromatic N) is 1. The standard InChI is InChI=1S/C17H27N3O/c1-17(2,12-20(3)4)11-19-16(21)14-9-5-7-13-8-6-10-18-15(13)14/h5,7,9,18H,6,8,10-12H2,1-4H3,(H,19,21). The molecule has 0 radical (unpaired) electrons. The maximum Gasteiger partial charge on any atom is 0.253 e. The second kappa shape index (κ2) is 6.48. The van der Waals surface area contributed by atoms with Gasteiger partial charge in [0, 0.05) is 19.6 Å². The summed E-state index contributed by atoms with van der Waals surface area (Å²) in [4.78, 5) is 14.6. The molecule has 0 fully saturated rings. The highest BCUT2D eigenvalue weighted by atomic mass is 16.1. The molecule has 4 heteroatoms. The Morgan fingerprint density at radius 2 is 2.14 bits per heavy atom. The van der Waals surface area contributed by atoms with Crippen LogP contribution in [-0.2, 0) is 6.42 Å². The third kappa shape index (κ3) is 4.21. The van der Waals surface area contributed by atoms with Gasteiger partial charge in [0.25, 0.3) is 5.91 Å². The summed E-state index contributed by atoms with van der Waals surface area (Å²) in [5.41, 5.74) is 3.10. The van der Waals surface area contributed by atoms with E-state index in [1.54, 1.807) is 0 Å². The van der Waals surface area contributed by atoms with Crippen molar-refractivity contribution < 1.29 is 4.79 Å². The van der Waals surface area contributed by atoms with Gasteiger partial charge >= 0.3 is 0 Å². The summed E-state index contributed by atoms with van der Waals surface area (Å²) in [5.74, 6) is 0.0214. The minimum absolute atomic E-state index is 0.0214.